The van der Waals surface area contributed by atoms with E-state index in [0.29, 0.717) is 60.1 Å². The normalized spacial score (nSPS) is 28.3. The van der Waals surface area contributed by atoms with Gasteiger partial charge in [0.1, 0.15) is 11.2 Å². The highest BCUT2D eigenvalue weighted by Crippen LogP contribution is 2.59. The van der Waals surface area contributed by atoms with E-state index in [0.717, 1.165) is 17.0 Å². The zero-order chi connectivity index (χ0) is 29.8. The molecule has 1 unspecified atom stereocenters. The molecule has 4 aliphatic rings. The first kappa shape index (κ1) is 29.4. The van der Waals surface area contributed by atoms with Crippen molar-refractivity contribution >= 4 is 50.7 Å². The number of halogens is 3. The Labute approximate surface area is 255 Å². The average Bonchev–Trinajstić information content (AvgIpc) is 3.21. The number of nitrogens with zero attached hydrogens (tertiary/aromatic N) is 2. The third-order valence-electron chi connectivity index (χ3n) is 9.18. The van der Waals surface area contributed by atoms with Crippen LogP contribution in [0.2, 0.25) is 5.02 Å². The van der Waals surface area contributed by atoms with Crippen molar-refractivity contribution < 1.29 is 17.6 Å². The van der Waals surface area contributed by atoms with Crippen LogP contribution in [0.3, 0.4) is 0 Å². The molecule has 1 aliphatic carbocycles. The molecule has 42 heavy (non-hydrogen) atoms. The summed E-state index contributed by atoms with van der Waals surface area (Å²) in [5.41, 5.74) is 1.76. The molecule has 222 valence electrons. The number of carbonyl (C=O) groups excluding carboxylic acids is 1. The maximum Gasteiger partial charge on any atom is 0.237 e. The van der Waals surface area contributed by atoms with Crippen LogP contribution in [0.25, 0.3) is 0 Å². The highest BCUT2D eigenvalue weighted by molar-refractivity contribution is 7.88. The third-order valence-corrected chi connectivity index (χ3v) is 11.0. The van der Waals surface area contributed by atoms with E-state index >= 15 is 0 Å². The molecule has 4 atom stereocenters. The average molecular weight is 632 g/mol. The van der Waals surface area contributed by atoms with Crippen LogP contribution in [0.4, 0.5) is 10.1 Å². The smallest absolute Gasteiger partial charge is 0.237 e. The Morgan fingerprint density at radius 1 is 1.12 bits per heavy atom. The van der Waals surface area contributed by atoms with Gasteiger partial charge in [-0.25, -0.2) is 17.1 Å². The Bertz CT molecular complexity index is 1630. The maximum absolute atomic E-state index is 14.9. The molecule has 1 saturated heterocycles. The van der Waals surface area contributed by atoms with Gasteiger partial charge in [0.05, 0.1) is 18.1 Å². The number of aryl methyl sites for hydroxylation is 1. The Morgan fingerprint density at radius 3 is 2.60 bits per heavy atom. The first-order valence-electron chi connectivity index (χ1n) is 14.2. The maximum atomic E-state index is 14.9. The van der Waals surface area contributed by atoms with Gasteiger partial charge >= 0.3 is 0 Å². The fourth-order valence-corrected chi connectivity index (χ4v) is 8.46. The van der Waals surface area contributed by atoms with Gasteiger partial charge in [-0.05, 0) is 85.1 Å². The van der Waals surface area contributed by atoms with Crippen molar-refractivity contribution in [3.63, 3.8) is 0 Å². The molecule has 0 aromatic heterocycles. The first-order chi connectivity index (χ1) is 20.0. The second-order valence-electron chi connectivity index (χ2n) is 11.7. The quantitative estimate of drug-likeness (QED) is 0.443. The molecule has 7 nitrogen and oxygen atoms in total. The molecule has 2 N–H and O–H groups in total. The summed E-state index contributed by atoms with van der Waals surface area (Å²) in [4.78, 5) is 19.6. The summed E-state index contributed by atoms with van der Waals surface area (Å²) in [5, 5.41) is 7.91. The van der Waals surface area contributed by atoms with Crippen LogP contribution >= 0.6 is 23.2 Å². The Kier molecular flexibility index (Phi) is 7.75. The summed E-state index contributed by atoms with van der Waals surface area (Å²) >= 11 is 12.9. The number of benzene rings is 2. The van der Waals surface area contributed by atoms with Gasteiger partial charge in [-0.15, -0.1) is 0 Å². The zero-order valence-electron chi connectivity index (χ0n) is 23.4. The Balaban J connectivity index is 1.49. The molecule has 2 aromatic carbocycles. The second kappa shape index (κ2) is 11.1. The van der Waals surface area contributed by atoms with Gasteiger partial charge in [-0.3, -0.25) is 9.79 Å². The summed E-state index contributed by atoms with van der Waals surface area (Å²) in [6.07, 6.45) is 9.42. The number of nitrogens with one attached hydrogen (secondary N) is 2. The molecule has 1 spiro atoms. The van der Waals surface area contributed by atoms with Crippen molar-refractivity contribution in [1.29, 1.82) is 0 Å². The molecule has 6 rings (SSSR count). The van der Waals surface area contributed by atoms with Crippen LogP contribution in [-0.4, -0.2) is 49.9 Å². The topological polar surface area (TPSA) is 90.9 Å². The van der Waals surface area contributed by atoms with Crippen molar-refractivity contribution in [3.8, 4) is 0 Å². The van der Waals surface area contributed by atoms with Gasteiger partial charge < -0.3 is 10.6 Å². The summed E-state index contributed by atoms with van der Waals surface area (Å²) < 4.78 is 40.5. The zero-order valence-corrected chi connectivity index (χ0v) is 25.7. The van der Waals surface area contributed by atoms with E-state index in [2.05, 4.69) is 16.7 Å². The summed E-state index contributed by atoms with van der Waals surface area (Å²) in [5.74, 6) is -0.231. The minimum Gasteiger partial charge on any atom is -0.371 e. The van der Waals surface area contributed by atoms with Crippen molar-refractivity contribution in [2.24, 2.45) is 16.8 Å². The van der Waals surface area contributed by atoms with E-state index < -0.39 is 27.3 Å². The molecular weight excluding hydrogens is 598 g/mol. The fourth-order valence-electron chi connectivity index (χ4n) is 7.16. The molecule has 3 aliphatic heterocycles. The van der Waals surface area contributed by atoms with E-state index in [-0.39, 0.29) is 23.8 Å². The van der Waals surface area contributed by atoms with E-state index in [9.17, 15) is 17.6 Å². The van der Waals surface area contributed by atoms with Crippen LogP contribution in [0.15, 0.2) is 64.7 Å². The molecule has 3 heterocycles. The number of aliphatic imine (C=N–C) groups is 1. The lowest BCUT2D eigenvalue weighted by atomic mass is 9.57. The monoisotopic (exact) mass is 630 g/mol. The molecular formula is C31H33Cl2FN4O3S. The number of piperidine rings is 1. The standard InChI is InChI=1S/C31H33Cl2FN4O3S/c1-18-6-8-22(34)16-24(18)29-31(25-9-7-21(33)15-27(25)36-30(31)39)26(19-4-3-5-20(32)14-19)17-28(37-29)35-23-10-12-38(13-11-23)42(2,40)41/h3-9,15-16,19,23,26,29H,10-14,17H2,1-2H3,(H,35,37)(H,36,39)/t19?,26-,29+,31-/m0/s1. The third kappa shape index (κ3) is 5.19. The van der Waals surface area contributed by atoms with Gasteiger partial charge in [0.2, 0.25) is 15.9 Å². The van der Waals surface area contributed by atoms with Crippen molar-refractivity contribution in [1.82, 2.24) is 9.62 Å². The first-order valence-corrected chi connectivity index (χ1v) is 16.8. The predicted octanol–water partition coefficient (Wildman–Crippen LogP) is 5.85. The number of fused-ring (bicyclic) bond motifs is 2. The number of amides is 1. The number of rotatable bonds is 4. The van der Waals surface area contributed by atoms with Crippen LogP contribution in [0.5, 0.6) is 0 Å². The minimum atomic E-state index is -3.26. The largest absolute Gasteiger partial charge is 0.371 e. The van der Waals surface area contributed by atoms with E-state index in [1.165, 1.54) is 22.7 Å². The van der Waals surface area contributed by atoms with Gasteiger partial charge in [0.25, 0.3) is 0 Å². The van der Waals surface area contributed by atoms with E-state index in [1.54, 1.807) is 18.2 Å². The van der Waals surface area contributed by atoms with Crippen molar-refractivity contribution in [2.45, 2.75) is 50.1 Å². The number of hydrogen-bond donors (Lipinski definition) is 2. The lowest BCUT2D eigenvalue weighted by Gasteiger charge is -2.48. The molecule has 0 radical (unpaired) electrons. The SMILES string of the molecule is Cc1ccc(F)cc1[C@H]1N=C(NC2CCN(S(C)(=O)=O)CC2)C[C@@H](C2C=CC=C(Cl)C2)[C@]12C(=O)Nc1cc(Cl)ccc12. The molecule has 0 bridgehead atoms. The Morgan fingerprint density at radius 2 is 1.88 bits per heavy atom. The van der Waals surface area contributed by atoms with E-state index in [4.69, 9.17) is 28.2 Å². The minimum absolute atomic E-state index is 0.0135. The van der Waals surface area contributed by atoms with Crippen molar-refractivity contribution in [2.75, 3.05) is 24.7 Å². The van der Waals surface area contributed by atoms with E-state index in [1.807, 2.05) is 25.1 Å². The number of amidine groups is 1. The van der Waals surface area contributed by atoms with Crippen molar-refractivity contribution in [3.05, 3.63) is 87.2 Å². The molecule has 1 fully saturated rings. The number of anilines is 1. The molecule has 1 amide bonds. The van der Waals surface area contributed by atoms with Crippen LogP contribution in [-0.2, 0) is 20.2 Å². The van der Waals surface area contributed by atoms with Gasteiger partial charge in [0, 0.05) is 41.3 Å². The number of carbonyl (C=O) groups is 1. The van der Waals surface area contributed by atoms with Gasteiger partial charge in [-0.2, -0.15) is 0 Å². The lowest BCUT2D eigenvalue weighted by molar-refractivity contribution is -0.124. The van der Waals surface area contributed by atoms with Crippen LogP contribution < -0.4 is 10.6 Å². The summed E-state index contributed by atoms with van der Waals surface area (Å²) in [6, 6.07) is 9.34. The molecule has 2 aromatic rings. The van der Waals surface area contributed by atoms with Crippen LogP contribution in [0.1, 0.15) is 48.4 Å². The second-order valence-corrected chi connectivity index (χ2v) is 14.7. The Hall–Kier alpha value is -2.72. The van der Waals surface area contributed by atoms with Crippen LogP contribution in [0, 0.1) is 24.6 Å². The summed E-state index contributed by atoms with van der Waals surface area (Å²) in [6.45, 7) is 2.75. The lowest BCUT2D eigenvalue weighted by Crippen LogP contribution is -2.55. The highest BCUT2D eigenvalue weighted by Gasteiger charge is 2.61. The molecule has 11 heteroatoms. The number of allylic oxidation sites excluding steroid dienone is 4. The van der Waals surface area contributed by atoms with Gasteiger partial charge in [-0.1, -0.05) is 47.5 Å². The number of sulfonamides is 1. The molecule has 0 saturated carbocycles. The highest BCUT2D eigenvalue weighted by atomic mass is 35.5. The predicted molar refractivity (Wildman–Crippen MR) is 165 cm³/mol. The summed E-state index contributed by atoms with van der Waals surface area (Å²) in [7, 11) is -3.26. The van der Waals surface area contributed by atoms with Gasteiger partial charge in [0.15, 0.2) is 0 Å². The number of hydrogen-bond acceptors (Lipinski definition) is 5. The fraction of sp³-hybridized carbons (Fsp3) is 0.419.